The SMILES string of the molecule is COc1ccc2c3c1OC1C(OC(=O)C(C)OC(=O)CCNC(=O)C(CC(C)C)NC(C)=O)=CCC4(O)C(C2)N(C)CCC314. The number of hydrogen-bond acceptors (Lipinski definition) is 10. The maximum atomic E-state index is 13.2. The molecule has 12 heteroatoms. The number of likely N-dealkylation sites (tertiary alicyclic amines) is 1. The van der Waals surface area contributed by atoms with Crippen molar-refractivity contribution in [3.05, 3.63) is 35.1 Å². The van der Waals surface area contributed by atoms with Crippen LogP contribution in [0.5, 0.6) is 11.5 Å². The van der Waals surface area contributed by atoms with E-state index in [-0.39, 0.29) is 43.0 Å². The number of rotatable bonds is 11. The van der Waals surface area contributed by atoms with Gasteiger partial charge in [0.15, 0.2) is 23.7 Å². The number of esters is 2. The minimum Gasteiger partial charge on any atom is -0.493 e. The number of methoxy groups -OCH3 is 1. The van der Waals surface area contributed by atoms with Crippen molar-refractivity contribution in [1.82, 2.24) is 15.5 Å². The molecule has 2 aliphatic carbocycles. The van der Waals surface area contributed by atoms with Crippen LogP contribution in [0.15, 0.2) is 24.0 Å². The fourth-order valence-electron chi connectivity index (χ4n) is 7.45. The number of hydrogen-bond donors (Lipinski definition) is 3. The Hall–Kier alpha value is -3.64. The number of nitrogens with zero attached hydrogens (tertiary/aromatic N) is 1. The predicted molar refractivity (Wildman–Crippen MR) is 158 cm³/mol. The highest BCUT2D eigenvalue weighted by atomic mass is 16.6. The smallest absolute Gasteiger partial charge is 0.352 e. The number of carbonyl (C=O) groups excluding carboxylic acids is 4. The van der Waals surface area contributed by atoms with Crippen molar-refractivity contribution < 1.29 is 43.2 Å². The average Bonchev–Trinajstić information content (AvgIpc) is 3.31. The second-order valence-corrected chi connectivity index (χ2v) is 12.8. The molecule has 0 aromatic heterocycles. The number of aliphatic hydroxyl groups is 1. The first-order chi connectivity index (χ1) is 20.8. The van der Waals surface area contributed by atoms with E-state index >= 15 is 0 Å². The third kappa shape index (κ3) is 5.32. The van der Waals surface area contributed by atoms with Crippen LogP contribution in [0.25, 0.3) is 0 Å². The molecule has 6 unspecified atom stereocenters. The Labute approximate surface area is 257 Å². The van der Waals surface area contributed by atoms with Crippen LogP contribution < -0.4 is 20.1 Å². The molecule has 2 bridgehead atoms. The minimum atomic E-state index is -1.23. The lowest BCUT2D eigenvalue weighted by molar-refractivity contribution is -0.175. The summed E-state index contributed by atoms with van der Waals surface area (Å²) in [6.45, 7) is 7.35. The highest BCUT2D eigenvalue weighted by Gasteiger charge is 2.72. The van der Waals surface area contributed by atoms with E-state index in [9.17, 15) is 24.3 Å². The van der Waals surface area contributed by atoms with Gasteiger partial charge in [0, 0.05) is 31.5 Å². The molecule has 1 aromatic rings. The maximum Gasteiger partial charge on any atom is 0.352 e. The van der Waals surface area contributed by atoms with Crippen molar-refractivity contribution in [3.8, 4) is 11.5 Å². The molecule has 2 heterocycles. The zero-order valence-corrected chi connectivity index (χ0v) is 26.2. The van der Waals surface area contributed by atoms with E-state index in [4.69, 9.17) is 18.9 Å². The van der Waals surface area contributed by atoms with E-state index in [0.29, 0.717) is 30.8 Å². The Bertz CT molecular complexity index is 1380. The standard InChI is InChI=1S/C32H43N3O9/c1-17(2)15-21(34-19(4)36)29(38)33-13-10-25(37)42-18(3)30(39)43-23-9-11-32(40)24-16-20-7-8-22(41-6)27-26(20)31(32,28(23)44-27)12-14-35(24)5/h7-9,17-18,21,24,28,40H,10-16H2,1-6H3,(H,33,38)(H,34,36). The van der Waals surface area contributed by atoms with Crippen LogP contribution in [0.4, 0.5) is 0 Å². The maximum absolute atomic E-state index is 13.2. The van der Waals surface area contributed by atoms with Crippen LogP contribution in [-0.4, -0.2) is 90.9 Å². The largest absolute Gasteiger partial charge is 0.493 e. The molecular weight excluding hydrogens is 570 g/mol. The third-order valence-electron chi connectivity index (χ3n) is 9.45. The van der Waals surface area contributed by atoms with Gasteiger partial charge in [-0.2, -0.15) is 0 Å². The van der Waals surface area contributed by atoms with Crippen molar-refractivity contribution in [2.75, 3.05) is 27.2 Å². The van der Waals surface area contributed by atoms with Gasteiger partial charge >= 0.3 is 11.9 Å². The van der Waals surface area contributed by atoms with E-state index in [2.05, 4.69) is 15.5 Å². The lowest BCUT2D eigenvalue weighted by Gasteiger charge is -2.61. The van der Waals surface area contributed by atoms with Crippen LogP contribution in [0.2, 0.25) is 0 Å². The van der Waals surface area contributed by atoms with Crippen molar-refractivity contribution in [1.29, 1.82) is 0 Å². The normalized spacial score (nSPS) is 27.7. The van der Waals surface area contributed by atoms with E-state index in [0.717, 1.165) is 17.7 Å². The topological polar surface area (TPSA) is 153 Å². The number of benzene rings is 1. The van der Waals surface area contributed by atoms with Crippen molar-refractivity contribution in [3.63, 3.8) is 0 Å². The summed E-state index contributed by atoms with van der Waals surface area (Å²) in [6.07, 6.45) is 1.54. The molecule has 4 aliphatic rings. The number of nitrogens with one attached hydrogen (secondary N) is 2. The molecule has 2 amide bonds. The summed E-state index contributed by atoms with van der Waals surface area (Å²) >= 11 is 0. The predicted octanol–water partition coefficient (Wildman–Crippen LogP) is 1.50. The summed E-state index contributed by atoms with van der Waals surface area (Å²) in [4.78, 5) is 51.9. The Morgan fingerprint density at radius 3 is 2.64 bits per heavy atom. The summed E-state index contributed by atoms with van der Waals surface area (Å²) in [5.41, 5.74) is 0.0430. The molecular formula is C32H43N3O9. The van der Waals surface area contributed by atoms with E-state index < -0.39 is 47.1 Å². The Balaban J connectivity index is 1.24. The Morgan fingerprint density at radius 2 is 1.95 bits per heavy atom. The van der Waals surface area contributed by atoms with Gasteiger partial charge < -0.3 is 39.6 Å². The van der Waals surface area contributed by atoms with Gasteiger partial charge in [-0.15, -0.1) is 0 Å². The fourth-order valence-corrected chi connectivity index (χ4v) is 7.45. The molecule has 44 heavy (non-hydrogen) atoms. The van der Waals surface area contributed by atoms with Crippen molar-refractivity contribution >= 4 is 23.8 Å². The summed E-state index contributed by atoms with van der Waals surface area (Å²) in [5.74, 6) is -0.604. The van der Waals surface area contributed by atoms with Crippen LogP contribution in [0.1, 0.15) is 64.5 Å². The third-order valence-corrected chi connectivity index (χ3v) is 9.45. The Morgan fingerprint density at radius 1 is 1.20 bits per heavy atom. The van der Waals surface area contributed by atoms with Crippen LogP contribution in [0.3, 0.4) is 0 Å². The van der Waals surface area contributed by atoms with E-state index in [1.165, 1.54) is 13.8 Å². The van der Waals surface area contributed by atoms with Gasteiger partial charge in [-0.3, -0.25) is 14.4 Å². The second-order valence-electron chi connectivity index (χ2n) is 12.8. The molecule has 6 atom stereocenters. The van der Waals surface area contributed by atoms with Crippen LogP contribution >= 0.6 is 0 Å². The quantitative estimate of drug-likeness (QED) is 0.313. The van der Waals surface area contributed by atoms with Gasteiger partial charge in [-0.05, 0) is 63.4 Å². The number of piperidine rings is 1. The summed E-state index contributed by atoms with van der Waals surface area (Å²) in [7, 11) is 3.59. The molecule has 1 fully saturated rings. The number of carbonyl (C=O) groups is 4. The average molecular weight is 614 g/mol. The first kappa shape index (κ1) is 31.8. The zero-order valence-electron chi connectivity index (χ0n) is 26.2. The van der Waals surface area contributed by atoms with Gasteiger partial charge in [0.25, 0.3) is 0 Å². The monoisotopic (exact) mass is 613 g/mol. The van der Waals surface area contributed by atoms with Crippen molar-refractivity contribution in [2.45, 2.75) is 95.1 Å². The summed E-state index contributed by atoms with van der Waals surface area (Å²) < 4.78 is 23.3. The van der Waals surface area contributed by atoms with Gasteiger partial charge in [-0.1, -0.05) is 19.9 Å². The molecule has 0 radical (unpaired) electrons. The van der Waals surface area contributed by atoms with E-state index in [1.54, 1.807) is 13.2 Å². The van der Waals surface area contributed by atoms with Crippen LogP contribution in [0, 0.1) is 5.92 Å². The molecule has 1 aromatic carbocycles. The molecule has 1 saturated heterocycles. The molecule has 3 N–H and O–H groups in total. The van der Waals surface area contributed by atoms with Crippen molar-refractivity contribution in [2.24, 2.45) is 5.92 Å². The molecule has 0 saturated carbocycles. The molecule has 5 rings (SSSR count). The second kappa shape index (κ2) is 12.0. The Kier molecular flexibility index (Phi) is 8.69. The van der Waals surface area contributed by atoms with Gasteiger partial charge in [-0.25, -0.2) is 4.79 Å². The van der Waals surface area contributed by atoms with Gasteiger partial charge in [0.1, 0.15) is 11.8 Å². The molecule has 1 spiro atoms. The number of ether oxygens (including phenoxy) is 4. The lowest BCUT2D eigenvalue weighted by atomic mass is 9.50. The van der Waals surface area contributed by atoms with E-state index in [1.807, 2.05) is 33.0 Å². The van der Waals surface area contributed by atoms with Gasteiger partial charge in [0.2, 0.25) is 11.8 Å². The molecule has 12 nitrogen and oxygen atoms in total. The minimum absolute atomic E-state index is 0.0200. The fraction of sp³-hybridized carbons (Fsp3) is 0.625. The highest BCUT2D eigenvalue weighted by molar-refractivity contribution is 5.87. The highest BCUT2D eigenvalue weighted by Crippen LogP contribution is 2.65. The van der Waals surface area contributed by atoms with Gasteiger partial charge in [0.05, 0.1) is 24.5 Å². The van der Waals surface area contributed by atoms with Crippen LogP contribution in [-0.2, 0) is 40.5 Å². The summed E-state index contributed by atoms with van der Waals surface area (Å²) in [6, 6.07) is 3.05. The summed E-state index contributed by atoms with van der Waals surface area (Å²) in [5, 5.41) is 17.6. The zero-order chi connectivity index (χ0) is 32.0. The lowest BCUT2D eigenvalue weighted by Crippen LogP contribution is -2.74. The number of amides is 2. The first-order valence-corrected chi connectivity index (χ1v) is 15.3. The number of likely N-dealkylation sites (N-methyl/N-ethyl adjacent to an activating group) is 1. The first-order valence-electron chi connectivity index (χ1n) is 15.3. The molecule has 2 aliphatic heterocycles. The molecule has 240 valence electrons.